The van der Waals surface area contributed by atoms with E-state index in [9.17, 15) is 9.59 Å². The molecule has 22 heavy (non-hydrogen) atoms. The molecule has 2 amide bonds. The number of carbonyl (C=O) groups excluding carboxylic acids is 2. The average Bonchev–Trinajstić information content (AvgIpc) is 2.45. The predicted molar refractivity (Wildman–Crippen MR) is 91.4 cm³/mol. The van der Waals surface area contributed by atoms with Crippen LogP contribution in [-0.4, -0.2) is 23.1 Å². The monoisotopic (exact) mass is 320 g/mol. The number of nitrogens with one attached hydrogen (secondary N) is 2. The number of rotatable bonds is 5. The van der Waals surface area contributed by atoms with Gasteiger partial charge in [0, 0.05) is 16.5 Å². The summed E-state index contributed by atoms with van der Waals surface area (Å²) in [5, 5.41) is 5.78. The summed E-state index contributed by atoms with van der Waals surface area (Å²) in [6, 6.07) is 5.63. The van der Waals surface area contributed by atoms with E-state index in [0.29, 0.717) is 11.5 Å². The van der Waals surface area contributed by atoms with Gasteiger partial charge >= 0.3 is 0 Å². The normalized spacial score (nSPS) is 18.6. The van der Waals surface area contributed by atoms with Crippen LogP contribution in [0.1, 0.15) is 50.9 Å². The van der Waals surface area contributed by atoms with Crippen molar-refractivity contribution < 1.29 is 9.59 Å². The van der Waals surface area contributed by atoms with E-state index in [2.05, 4.69) is 24.5 Å². The van der Waals surface area contributed by atoms with Gasteiger partial charge in [-0.2, -0.15) is 0 Å². The number of hydrogen-bond acceptors (Lipinski definition) is 3. The third-order valence-corrected chi connectivity index (χ3v) is 4.90. The van der Waals surface area contributed by atoms with E-state index in [-0.39, 0.29) is 23.1 Å². The number of carbonyl (C=O) groups is 2. The minimum Gasteiger partial charge on any atom is -0.350 e. The van der Waals surface area contributed by atoms with Crippen LogP contribution in [0.15, 0.2) is 23.1 Å². The molecule has 2 atom stereocenters. The summed E-state index contributed by atoms with van der Waals surface area (Å²) < 4.78 is 0. The highest BCUT2D eigenvalue weighted by molar-refractivity contribution is 8.00. The zero-order valence-electron chi connectivity index (χ0n) is 13.6. The molecule has 5 heteroatoms. The Kier molecular flexibility index (Phi) is 5.51. The van der Waals surface area contributed by atoms with Crippen molar-refractivity contribution in [3.8, 4) is 0 Å². The van der Waals surface area contributed by atoms with E-state index in [1.54, 1.807) is 6.07 Å². The molecule has 1 aromatic carbocycles. The first-order valence-corrected chi connectivity index (χ1v) is 8.67. The lowest BCUT2D eigenvalue weighted by molar-refractivity contribution is -0.115. The molecule has 2 N–H and O–H groups in total. The summed E-state index contributed by atoms with van der Waals surface area (Å²) in [5.74, 6) is 0.537. The Morgan fingerprint density at radius 2 is 2.05 bits per heavy atom. The number of anilines is 1. The molecule has 0 aromatic heterocycles. The fourth-order valence-corrected chi connectivity index (χ4v) is 3.24. The van der Waals surface area contributed by atoms with Crippen LogP contribution in [-0.2, 0) is 4.79 Å². The van der Waals surface area contributed by atoms with Gasteiger partial charge in [0.15, 0.2) is 0 Å². The Hall–Kier alpha value is -1.49. The fourth-order valence-electron chi connectivity index (χ4n) is 2.31. The second kappa shape index (κ2) is 7.18. The van der Waals surface area contributed by atoms with E-state index in [1.807, 2.05) is 26.0 Å². The van der Waals surface area contributed by atoms with Gasteiger partial charge in [0.05, 0.1) is 10.9 Å². The van der Waals surface area contributed by atoms with Gasteiger partial charge in [0.1, 0.15) is 0 Å². The number of amides is 2. The summed E-state index contributed by atoms with van der Waals surface area (Å²) >= 11 is 1.52. The van der Waals surface area contributed by atoms with Crippen molar-refractivity contribution >= 4 is 29.3 Å². The van der Waals surface area contributed by atoms with Crippen molar-refractivity contribution in [1.82, 2.24) is 5.32 Å². The molecule has 1 aliphatic heterocycles. The Bertz CT molecular complexity index is 572. The summed E-state index contributed by atoms with van der Waals surface area (Å²) in [4.78, 5) is 25.0. The van der Waals surface area contributed by atoms with Crippen LogP contribution in [0.2, 0.25) is 0 Å². The van der Waals surface area contributed by atoms with Crippen LogP contribution >= 0.6 is 11.8 Å². The van der Waals surface area contributed by atoms with Crippen molar-refractivity contribution in [3.63, 3.8) is 0 Å². The van der Waals surface area contributed by atoms with Gasteiger partial charge in [-0.05, 0) is 50.8 Å². The maximum atomic E-state index is 12.3. The molecule has 0 bridgehead atoms. The van der Waals surface area contributed by atoms with Crippen molar-refractivity contribution in [1.29, 1.82) is 0 Å². The highest BCUT2D eigenvalue weighted by Gasteiger charge is 2.23. The van der Waals surface area contributed by atoms with Gasteiger partial charge in [-0.1, -0.05) is 13.8 Å². The van der Waals surface area contributed by atoms with Gasteiger partial charge < -0.3 is 10.6 Å². The third kappa shape index (κ3) is 4.26. The molecule has 0 saturated carbocycles. The summed E-state index contributed by atoms with van der Waals surface area (Å²) in [6.45, 7) is 8.26. The fraction of sp³-hybridized carbons (Fsp3) is 0.529. The Morgan fingerprint density at radius 1 is 1.32 bits per heavy atom. The van der Waals surface area contributed by atoms with Gasteiger partial charge in [-0.15, -0.1) is 11.8 Å². The third-order valence-electron chi connectivity index (χ3n) is 3.73. The zero-order chi connectivity index (χ0) is 16.3. The highest BCUT2D eigenvalue weighted by Crippen LogP contribution is 2.35. The molecule has 120 valence electrons. The first-order chi connectivity index (χ1) is 10.4. The maximum absolute atomic E-state index is 12.3. The van der Waals surface area contributed by atoms with E-state index < -0.39 is 0 Å². The molecule has 1 heterocycles. The molecule has 0 aliphatic carbocycles. The summed E-state index contributed by atoms with van der Waals surface area (Å²) in [7, 11) is 0. The molecule has 2 unspecified atom stereocenters. The van der Waals surface area contributed by atoms with Crippen molar-refractivity contribution in [2.75, 3.05) is 5.32 Å². The van der Waals surface area contributed by atoms with Crippen molar-refractivity contribution in [2.24, 2.45) is 5.92 Å². The summed E-state index contributed by atoms with van der Waals surface area (Å²) in [6.07, 6.45) is 2.06. The molecule has 0 radical (unpaired) electrons. The zero-order valence-corrected chi connectivity index (χ0v) is 14.4. The number of hydrogen-bond donors (Lipinski definition) is 2. The minimum atomic E-state index is -0.0942. The largest absolute Gasteiger partial charge is 0.350 e. The Morgan fingerprint density at radius 3 is 2.73 bits per heavy atom. The standard InChI is InChI=1S/C17H24N2O2S/c1-10(2)5-6-11(3)18-17(21)13-7-8-15-14(9-13)19-16(20)12(4)22-15/h7-12H,5-6H2,1-4H3,(H,18,21)(H,19,20). The van der Waals surface area contributed by atoms with Gasteiger partial charge in [0.25, 0.3) is 5.91 Å². The lowest BCUT2D eigenvalue weighted by Crippen LogP contribution is -2.33. The van der Waals surface area contributed by atoms with Crippen LogP contribution in [0, 0.1) is 5.92 Å². The van der Waals surface area contributed by atoms with Crippen molar-refractivity contribution in [3.05, 3.63) is 23.8 Å². The number of thioether (sulfide) groups is 1. The Balaban J connectivity index is 2.02. The first kappa shape index (κ1) is 16.9. The van der Waals surface area contributed by atoms with Gasteiger partial charge in [-0.25, -0.2) is 0 Å². The second-order valence-electron chi connectivity index (χ2n) is 6.31. The van der Waals surface area contributed by atoms with Crippen LogP contribution in [0.4, 0.5) is 5.69 Å². The van der Waals surface area contributed by atoms with Crippen LogP contribution in [0.5, 0.6) is 0 Å². The molecule has 1 aromatic rings. The van der Waals surface area contributed by atoms with E-state index in [1.165, 1.54) is 11.8 Å². The first-order valence-electron chi connectivity index (χ1n) is 7.79. The topological polar surface area (TPSA) is 58.2 Å². The smallest absolute Gasteiger partial charge is 0.251 e. The molecule has 4 nitrogen and oxygen atoms in total. The molecular formula is C17H24N2O2S. The lowest BCUT2D eigenvalue weighted by atomic mass is 10.0. The highest BCUT2D eigenvalue weighted by atomic mass is 32.2. The average molecular weight is 320 g/mol. The van der Waals surface area contributed by atoms with Crippen LogP contribution < -0.4 is 10.6 Å². The molecule has 0 spiro atoms. The molecular weight excluding hydrogens is 296 g/mol. The summed E-state index contributed by atoms with van der Waals surface area (Å²) in [5.41, 5.74) is 1.32. The molecule has 0 saturated heterocycles. The molecule has 2 rings (SSSR count). The lowest BCUT2D eigenvalue weighted by Gasteiger charge is -2.22. The van der Waals surface area contributed by atoms with E-state index in [4.69, 9.17) is 0 Å². The van der Waals surface area contributed by atoms with Crippen molar-refractivity contribution in [2.45, 2.75) is 56.7 Å². The minimum absolute atomic E-state index is 0.0136. The predicted octanol–water partition coefficient (Wildman–Crippen LogP) is 3.67. The van der Waals surface area contributed by atoms with Crippen LogP contribution in [0.3, 0.4) is 0 Å². The number of fused-ring (bicyclic) bond motifs is 1. The van der Waals surface area contributed by atoms with E-state index in [0.717, 1.165) is 23.4 Å². The van der Waals surface area contributed by atoms with Gasteiger partial charge in [0.2, 0.25) is 5.91 Å². The second-order valence-corrected chi connectivity index (χ2v) is 7.69. The molecule has 0 fully saturated rings. The maximum Gasteiger partial charge on any atom is 0.251 e. The quantitative estimate of drug-likeness (QED) is 0.870. The van der Waals surface area contributed by atoms with Crippen LogP contribution in [0.25, 0.3) is 0 Å². The van der Waals surface area contributed by atoms with E-state index >= 15 is 0 Å². The Labute approximate surface area is 136 Å². The van der Waals surface area contributed by atoms with Gasteiger partial charge in [-0.3, -0.25) is 9.59 Å². The SMILES string of the molecule is CC(C)CCC(C)NC(=O)c1ccc2c(c1)NC(=O)C(C)S2. The molecule has 1 aliphatic rings. The number of benzene rings is 1.